The molecule has 0 bridgehead atoms. The molecule has 1 amide bonds. The molecule has 3 heterocycles. The summed E-state index contributed by atoms with van der Waals surface area (Å²) >= 11 is 3.17. The standard InChI is InChI=1S/C16H14N2O2S2/c1-2-7-18(11-12-5-3-8-21-12)16(19)13-10-14(20-17-13)15-6-4-9-22-15/h2-6,8-10H,1,7,11H2. The number of carbonyl (C=O) groups is 1. The Labute approximate surface area is 136 Å². The molecule has 3 aromatic rings. The van der Waals surface area contributed by atoms with Gasteiger partial charge in [-0.15, -0.1) is 29.3 Å². The van der Waals surface area contributed by atoms with Crippen molar-refractivity contribution in [3.8, 4) is 10.6 Å². The second-order valence-corrected chi connectivity index (χ2v) is 6.59. The van der Waals surface area contributed by atoms with Crippen LogP contribution in [0.5, 0.6) is 0 Å². The summed E-state index contributed by atoms with van der Waals surface area (Å²) in [5.74, 6) is 0.466. The van der Waals surface area contributed by atoms with Crippen molar-refractivity contribution in [3.05, 3.63) is 64.3 Å². The highest BCUT2D eigenvalue weighted by Gasteiger charge is 2.20. The lowest BCUT2D eigenvalue weighted by Crippen LogP contribution is -2.30. The van der Waals surface area contributed by atoms with Crippen LogP contribution in [0.25, 0.3) is 10.6 Å². The largest absolute Gasteiger partial charge is 0.355 e. The molecule has 0 unspecified atom stereocenters. The molecule has 0 atom stereocenters. The molecule has 0 fully saturated rings. The predicted molar refractivity (Wildman–Crippen MR) is 89.1 cm³/mol. The van der Waals surface area contributed by atoms with Crippen LogP contribution in [0.2, 0.25) is 0 Å². The quantitative estimate of drug-likeness (QED) is 0.633. The van der Waals surface area contributed by atoms with Crippen molar-refractivity contribution in [2.75, 3.05) is 6.54 Å². The molecule has 0 saturated carbocycles. The number of amides is 1. The third-order valence-corrected chi connectivity index (χ3v) is 4.80. The average Bonchev–Trinajstić information content (AvgIpc) is 3.26. The zero-order valence-corrected chi connectivity index (χ0v) is 13.4. The van der Waals surface area contributed by atoms with Gasteiger partial charge in [0.1, 0.15) is 0 Å². The monoisotopic (exact) mass is 330 g/mol. The fourth-order valence-corrected chi connectivity index (χ4v) is 3.43. The molecule has 0 aliphatic carbocycles. The van der Waals surface area contributed by atoms with Crippen molar-refractivity contribution >= 4 is 28.6 Å². The zero-order chi connectivity index (χ0) is 15.4. The number of rotatable bonds is 6. The summed E-state index contributed by atoms with van der Waals surface area (Å²) in [6, 6.07) is 9.55. The van der Waals surface area contributed by atoms with Gasteiger partial charge in [0.25, 0.3) is 5.91 Å². The van der Waals surface area contributed by atoms with Crippen LogP contribution in [0.1, 0.15) is 15.4 Å². The lowest BCUT2D eigenvalue weighted by molar-refractivity contribution is 0.0754. The Bertz CT molecular complexity index is 745. The Morgan fingerprint density at radius 3 is 2.82 bits per heavy atom. The lowest BCUT2D eigenvalue weighted by atomic mass is 10.3. The number of hydrogen-bond donors (Lipinski definition) is 0. The summed E-state index contributed by atoms with van der Waals surface area (Å²) in [4.78, 5) is 16.4. The SMILES string of the molecule is C=CCN(Cc1cccs1)C(=O)c1cc(-c2cccs2)on1. The van der Waals surface area contributed by atoms with E-state index < -0.39 is 0 Å². The summed E-state index contributed by atoms with van der Waals surface area (Å²) in [6.45, 7) is 4.73. The van der Waals surface area contributed by atoms with Crippen LogP contribution < -0.4 is 0 Å². The van der Waals surface area contributed by atoms with Crippen molar-refractivity contribution in [2.45, 2.75) is 6.54 Å². The first-order chi connectivity index (χ1) is 10.8. The van der Waals surface area contributed by atoms with Gasteiger partial charge in [0.15, 0.2) is 11.5 Å². The van der Waals surface area contributed by atoms with Gasteiger partial charge in [-0.1, -0.05) is 23.4 Å². The smallest absolute Gasteiger partial charge is 0.276 e. The Morgan fingerprint density at radius 1 is 1.32 bits per heavy atom. The van der Waals surface area contributed by atoms with Gasteiger partial charge in [0.2, 0.25) is 0 Å². The van der Waals surface area contributed by atoms with Crippen LogP contribution in [0.3, 0.4) is 0 Å². The first-order valence-corrected chi connectivity index (χ1v) is 8.47. The Hall–Kier alpha value is -2.18. The van der Waals surface area contributed by atoms with Gasteiger partial charge < -0.3 is 9.42 Å². The maximum Gasteiger partial charge on any atom is 0.276 e. The summed E-state index contributed by atoms with van der Waals surface area (Å²) in [6.07, 6.45) is 1.71. The first kappa shape index (κ1) is 14.7. The minimum absolute atomic E-state index is 0.153. The van der Waals surface area contributed by atoms with E-state index in [1.807, 2.05) is 35.0 Å². The summed E-state index contributed by atoms with van der Waals surface area (Å²) in [7, 11) is 0. The molecular weight excluding hydrogens is 316 g/mol. The second kappa shape index (κ2) is 6.72. The molecule has 3 rings (SSSR count). The first-order valence-electron chi connectivity index (χ1n) is 6.71. The molecule has 0 saturated heterocycles. The van der Waals surface area contributed by atoms with E-state index in [0.717, 1.165) is 9.75 Å². The molecule has 0 N–H and O–H groups in total. The van der Waals surface area contributed by atoms with Crippen molar-refractivity contribution in [2.24, 2.45) is 0 Å². The van der Waals surface area contributed by atoms with Crippen LogP contribution in [-0.2, 0) is 6.54 Å². The number of nitrogens with zero attached hydrogens (tertiary/aromatic N) is 2. The molecule has 0 aliphatic rings. The molecule has 112 valence electrons. The Balaban J connectivity index is 1.79. The lowest BCUT2D eigenvalue weighted by Gasteiger charge is -2.18. The van der Waals surface area contributed by atoms with Gasteiger partial charge in [0.05, 0.1) is 11.4 Å². The maximum atomic E-state index is 12.6. The van der Waals surface area contributed by atoms with Gasteiger partial charge in [-0.2, -0.15) is 0 Å². The number of aromatic nitrogens is 1. The summed E-state index contributed by atoms with van der Waals surface area (Å²) < 4.78 is 5.28. The van der Waals surface area contributed by atoms with Crippen LogP contribution in [0.15, 0.2) is 58.3 Å². The number of hydrogen-bond acceptors (Lipinski definition) is 5. The molecule has 0 spiro atoms. The van der Waals surface area contributed by atoms with Crippen LogP contribution in [-0.4, -0.2) is 22.5 Å². The third-order valence-electron chi connectivity index (χ3n) is 3.06. The predicted octanol–water partition coefficient (Wildman–Crippen LogP) is 4.29. The van der Waals surface area contributed by atoms with Crippen LogP contribution >= 0.6 is 22.7 Å². The van der Waals surface area contributed by atoms with Crippen molar-refractivity contribution in [3.63, 3.8) is 0 Å². The van der Waals surface area contributed by atoms with Crippen molar-refractivity contribution < 1.29 is 9.32 Å². The van der Waals surface area contributed by atoms with E-state index >= 15 is 0 Å². The molecule has 0 radical (unpaired) electrons. The van der Waals surface area contributed by atoms with Crippen LogP contribution in [0.4, 0.5) is 0 Å². The van der Waals surface area contributed by atoms with Gasteiger partial charge >= 0.3 is 0 Å². The molecule has 4 nitrogen and oxygen atoms in total. The fraction of sp³-hybridized carbons (Fsp3) is 0.125. The topological polar surface area (TPSA) is 46.3 Å². The van der Waals surface area contributed by atoms with E-state index in [9.17, 15) is 4.79 Å². The van der Waals surface area contributed by atoms with E-state index in [0.29, 0.717) is 24.5 Å². The molecule has 3 aromatic heterocycles. The van der Waals surface area contributed by atoms with E-state index in [-0.39, 0.29) is 5.91 Å². The minimum atomic E-state index is -0.153. The zero-order valence-electron chi connectivity index (χ0n) is 11.8. The van der Waals surface area contributed by atoms with Gasteiger partial charge in [-0.05, 0) is 22.9 Å². The van der Waals surface area contributed by atoms with E-state index in [2.05, 4.69) is 11.7 Å². The van der Waals surface area contributed by atoms with Crippen LogP contribution in [0, 0.1) is 0 Å². The van der Waals surface area contributed by atoms with Crippen molar-refractivity contribution in [1.82, 2.24) is 10.1 Å². The number of thiophene rings is 2. The average molecular weight is 330 g/mol. The van der Waals surface area contributed by atoms with Crippen molar-refractivity contribution in [1.29, 1.82) is 0 Å². The summed E-state index contributed by atoms with van der Waals surface area (Å²) in [5, 5.41) is 7.87. The number of carbonyl (C=O) groups excluding carboxylic acids is 1. The minimum Gasteiger partial charge on any atom is -0.355 e. The van der Waals surface area contributed by atoms with E-state index in [1.165, 1.54) is 0 Å². The normalized spacial score (nSPS) is 10.5. The molecular formula is C16H14N2O2S2. The second-order valence-electron chi connectivity index (χ2n) is 4.61. The molecule has 0 aromatic carbocycles. The fourth-order valence-electron chi connectivity index (χ4n) is 2.04. The highest BCUT2D eigenvalue weighted by molar-refractivity contribution is 7.13. The Morgan fingerprint density at radius 2 is 2.14 bits per heavy atom. The Kier molecular flexibility index (Phi) is 4.50. The molecule has 6 heteroatoms. The van der Waals surface area contributed by atoms with Gasteiger partial charge in [0, 0.05) is 17.5 Å². The highest BCUT2D eigenvalue weighted by atomic mass is 32.1. The van der Waals surface area contributed by atoms with Gasteiger partial charge in [-0.3, -0.25) is 4.79 Å². The summed E-state index contributed by atoms with van der Waals surface area (Å²) in [5.41, 5.74) is 0.321. The molecule has 22 heavy (non-hydrogen) atoms. The highest BCUT2D eigenvalue weighted by Crippen LogP contribution is 2.25. The van der Waals surface area contributed by atoms with E-state index in [4.69, 9.17) is 4.52 Å². The third kappa shape index (κ3) is 3.18. The maximum absolute atomic E-state index is 12.6. The van der Waals surface area contributed by atoms with E-state index in [1.54, 1.807) is 39.7 Å². The van der Waals surface area contributed by atoms with Gasteiger partial charge in [-0.25, -0.2) is 0 Å². The molecule has 0 aliphatic heterocycles.